The molecule has 2 aliphatic rings. The first-order valence-corrected chi connectivity index (χ1v) is 13.8. The summed E-state index contributed by atoms with van der Waals surface area (Å²) >= 11 is 0. The number of ether oxygens (including phenoxy) is 1. The zero-order chi connectivity index (χ0) is 27.9. The second kappa shape index (κ2) is 10.1. The monoisotopic (exact) mass is 538 g/mol. The lowest BCUT2D eigenvalue weighted by atomic mass is 9.91. The number of carbonyl (C=O) groups is 2. The SMILES string of the molecule is COCCC(=O)NC12CCC(n3cc(-c4ccc(C(=O)Cc5cc(C)ccn5)cc4)c4c(N)ncnc43)(CC1)C2. The summed E-state index contributed by atoms with van der Waals surface area (Å²) in [6.07, 6.45) is 10.6. The van der Waals surface area contributed by atoms with E-state index in [0.29, 0.717) is 24.4 Å². The van der Waals surface area contributed by atoms with Crippen molar-refractivity contribution in [3.63, 3.8) is 0 Å². The number of aromatic nitrogens is 4. The Labute approximate surface area is 233 Å². The molecule has 4 aromatic rings. The van der Waals surface area contributed by atoms with Gasteiger partial charge in [0.1, 0.15) is 17.8 Å². The van der Waals surface area contributed by atoms with E-state index in [4.69, 9.17) is 10.5 Å². The largest absolute Gasteiger partial charge is 0.384 e. The van der Waals surface area contributed by atoms with Gasteiger partial charge >= 0.3 is 0 Å². The summed E-state index contributed by atoms with van der Waals surface area (Å²) in [4.78, 5) is 38.8. The number of amides is 1. The number of hydrogen-bond donors (Lipinski definition) is 2. The number of aryl methyl sites for hydroxylation is 1. The molecule has 3 N–H and O–H groups in total. The zero-order valence-electron chi connectivity index (χ0n) is 22.9. The molecule has 206 valence electrons. The van der Waals surface area contributed by atoms with Crippen LogP contribution in [0.5, 0.6) is 0 Å². The van der Waals surface area contributed by atoms with Gasteiger partial charge in [-0.05, 0) is 62.3 Å². The van der Waals surface area contributed by atoms with Crippen molar-refractivity contribution in [1.82, 2.24) is 24.8 Å². The Bertz CT molecular complexity index is 1580. The molecule has 0 aliphatic heterocycles. The number of nitrogens with zero attached hydrogens (tertiary/aromatic N) is 4. The predicted molar refractivity (Wildman–Crippen MR) is 153 cm³/mol. The smallest absolute Gasteiger partial charge is 0.222 e. The number of hydrogen-bond acceptors (Lipinski definition) is 7. The second-order valence-corrected chi connectivity index (χ2v) is 11.3. The van der Waals surface area contributed by atoms with Gasteiger partial charge in [-0.2, -0.15) is 0 Å². The van der Waals surface area contributed by atoms with Crippen LogP contribution in [0.3, 0.4) is 0 Å². The number of nitrogen functional groups attached to an aromatic ring is 1. The van der Waals surface area contributed by atoms with E-state index in [-0.39, 0.29) is 29.2 Å². The van der Waals surface area contributed by atoms with E-state index in [1.807, 2.05) is 43.3 Å². The normalized spacial score (nSPS) is 21.6. The highest BCUT2D eigenvalue weighted by atomic mass is 16.5. The number of benzene rings is 1. The van der Waals surface area contributed by atoms with Gasteiger partial charge < -0.3 is 20.4 Å². The lowest BCUT2D eigenvalue weighted by Crippen LogP contribution is -2.45. The van der Waals surface area contributed by atoms with Gasteiger partial charge in [0.25, 0.3) is 0 Å². The van der Waals surface area contributed by atoms with Crippen LogP contribution in [0.25, 0.3) is 22.2 Å². The van der Waals surface area contributed by atoms with E-state index in [9.17, 15) is 9.59 Å². The van der Waals surface area contributed by atoms with Crippen LogP contribution in [-0.2, 0) is 21.5 Å². The van der Waals surface area contributed by atoms with Gasteiger partial charge in [-0.1, -0.05) is 24.3 Å². The molecule has 3 heterocycles. The summed E-state index contributed by atoms with van der Waals surface area (Å²) < 4.78 is 7.36. The fourth-order valence-corrected chi connectivity index (χ4v) is 6.69. The molecule has 2 fully saturated rings. The van der Waals surface area contributed by atoms with Crippen molar-refractivity contribution in [2.45, 2.75) is 62.9 Å². The summed E-state index contributed by atoms with van der Waals surface area (Å²) in [5, 5.41) is 4.14. The third-order valence-electron chi connectivity index (χ3n) is 8.70. The Morgan fingerprint density at radius 1 is 1.07 bits per heavy atom. The molecule has 3 aromatic heterocycles. The minimum absolute atomic E-state index is 0.0228. The van der Waals surface area contributed by atoms with E-state index in [0.717, 1.165) is 65.5 Å². The van der Waals surface area contributed by atoms with Crippen molar-refractivity contribution in [3.05, 3.63) is 71.9 Å². The molecule has 0 spiro atoms. The van der Waals surface area contributed by atoms with Gasteiger partial charge in [-0.15, -0.1) is 0 Å². The predicted octanol–water partition coefficient (Wildman–Crippen LogP) is 4.37. The molecular weight excluding hydrogens is 504 g/mol. The highest BCUT2D eigenvalue weighted by molar-refractivity contribution is 6.02. The summed E-state index contributed by atoms with van der Waals surface area (Å²) in [5.41, 5.74) is 11.2. The van der Waals surface area contributed by atoms with E-state index >= 15 is 0 Å². The van der Waals surface area contributed by atoms with Crippen molar-refractivity contribution >= 4 is 28.5 Å². The number of ketones is 1. The minimum Gasteiger partial charge on any atom is -0.384 e. The van der Waals surface area contributed by atoms with Gasteiger partial charge in [0, 0.05) is 53.8 Å². The highest BCUT2D eigenvalue weighted by Gasteiger charge is 2.56. The Morgan fingerprint density at radius 3 is 2.58 bits per heavy atom. The van der Waals surface area contributed by atoms with Crippen molar-refractivity contribution < 1.29 is 14.3 Å². The molecule has 2 saturated carbocycles. The molecule has 6 rings (SSSR count). The van der Waals surface area contributed by atoms with Crippen molar-refractivity contribution in [1.29, 1.82) is 0 Å². The van der Waals surface area contributed by atoms with Crippen LogP contribution in [0, 0.1) is 6.92 Å². The van der Waals surface area contributed by atoms with Crippen LogP contribution < -0.4 is 11.1 Å². The van der Waals surface area contributed by atoms with Crippen molar-refractivity contribution in [3.8, 4) is 11.1 Å². The Morgan fingerprint density at radius 2 is 1.85 bits per heavy atom. The maximum absolute atomic E-state index is 12.9. The average molecular weight is 539 g/mol. The minimum atomic E-state index is -0.200. The molecule has 2 aliphatic carbocycles. The summed E-state index contributed by atoms with van der Waals surface area (Å²) in [6, 6.07) is 11.5. The maximum Gasteiger partial charge on any atom is 0.222 e. The average Bonchev–Trinajstić information content (AvgIpc) is 3.63. The molecule has 1 aromatic carbocycles. The van der Waals surface area contributed by atoms with Gasteiger partial charge in [-0.25, -0.2) is 9.97 Å². The molecule has 40 heavy (non-hydrogen) atoms. The molecule has 2 bridgehead atoms. The van der Waals surface area contributed by atoms with Gasteiger partial charge in [-0.3, -0.25) is 14.6 Å². The molecule has 0 atom stereocenters. The van der Waals surface area contributed by atoms with Gasteiger partial charge in [0.2, 0.25) is 5.91 Å². The first kappa shape index (κ1) is 26.1. The lowest BCUT2D eigenvalue weighted by Gasteiger charge is -2.29. The van der Waals surface area contributed by atoms with Crippen molar-refractivity contribution in [2.24, 2.45) is 0 Å². The molecule has 0 radical (unpaired) electrons. The Balaban J connectivity index is 1.29. The number of nitrogens with two attached hydrogens (primary N) is 1. The highest BCUT2D eigenvalue weighted by Crippen LogP contribution is 2.56. The van der Waals surface area contributed by atoms with E-state index in [1.165, 1.54) is 6.33 Å². The molecule has 0 unspecified atom stereocenters. The summed E-state index contributed by atoms with van der Waals surface area (Å²) in [6.45, 7) is 2.41. The maximum atomic E-state index is 12.9. The number of rotatable bonds is 9. The van der Waals surface area contributed by atoms with Crippen LogP contribution in [0.15, 0.2) is 55.1 Å². The van der Waals surface area contributed by atoms with Crippen LogP contribution in [-0.4, -0.2) is 50.5 Å². The number of Topliss-reactive ketones (excluding diaryl/α,β-unsaturated/α-hetero) is 1. The zero-order valence-corrected chi connectivity index (χ0v) is 22.9. The topological polar surface area (TPSA) is 125 Å². The number of carbonyl (C=O) groups excluding carboxylic acids is 2. The van der Waals surface area contributed by atoms with E-state index < -0.39 is 0 Å². The lowest BCUT2D eigenvalue weighted by molar-refractivity contribution is -0.123. The van der Waals surface area contributed by atoms with Gasteiger partial charge in [0.05, 0.1) is 18.4 Å². The third kappa shape index (κ3) is 4.64. The van der Waals surface area contributed by atoms with Crippen LogP contribution in [0.1, 0.15) is 60.1 Å². The van der Waals surface area contributed by atoms with Crippen molar-refractivity contribution in [2.75, 3.05) is 19.5 Å². The van der Waals surface area contributed by atoms with Crippen LogP contribution in [0.2, 0.25) is 0 Å². The second-order valence-electron chi connectivity index (χ2n) is 11.3. The van der Waals surface area contributed by atoms with E-state index in [1.54, 1.807) is 13.3 Å². The molecule has 9 nitrogen and oxygen atoms in total. The summed E-state index contributed by atoms with van der Waals surface area (Å²) in [5.74, 6) is 0.488. The van der Waals surface area contributed by atoms with E-state index in [2.05, 4.69) is 31.0 Å². The van der Waals surface area contributed by atoms with Crippen LogP contribution >= 0.6 is 0 Å². The number of fused-ring (bicyclic) bond motifs is 3. The Kier molecular flexibility index (Phi) is 6.62. The quantitative estimate of drug-likeness (QED) is 0.303. The Hall–Kier alpha value is -4.11. The third-order valence-corrected chi connectivity index (χ3v) is 8.70. The number of methoxy groups -OCH3 is 1. The fraction of sp³-hybridized carbons (Fsp3) is 0.387. The first-order chi connectivity index (χ1) is 19.3. The standard InChI is InChI=1S/C31H34N6O3/c1-20-7-13-33-23(15-20)16-25(38)22-5-3-21(4-6-22)24-17-37(29-27(24)28(32)34-19-35-29)31-11-9-30(18-31,10-12-31)36-26(39)8-14-40-2/h3-7,13,15,17,19H,8-12,14,16,18H2,1-2H3,(H,36,39)(H2,32,34,35). The number of anilines is 1. The first-order valence-electron chi connectivity index (χ1n) is 13.8. The number of nitrogens with one attached hydrogen (secondary N) is 1. The molecular formula is C31H34N6O3. The van der Waals surface area contributed by atoms with Crippen LogP contribution in [0.4, 0.5) is 5.82 Å². The fourth-order valence-electron chi connectivity index (χ4n) is 6.69. The summed E-state index contributed by atoms with van der Waals surface area (Å²) in [7, 11) is 1.61. The molecule has 9 heteroatoms. The molecule has 1 amide bonds. The number of pyridine rings is 1. The molecule has 0 saturated heterocycles. The van der Waals surface area contributed by atoms with Gasteiger partial charge in [0.15, 0.2) is 5.78 Å².